The highest BCUT2D eigenvalue weighted by Gasteiger charge is 2.08. The van der Waals surface area contributed by atoms with E-state index in [4.69, 9.17) is 22.1 Å². The van der Waals surface area contributed by atoms with Crippen LogP contribution in [0.25, 0.3) is 0 Å². The number of methoxy groups -OCH3 is 1. The van der Waals surface area contributed by atoms with Crippen LogP contribution in [-0.4, -0.2) is 20.2 Å². The Kier molecular flexibility index (Phi) is 5.59. The number of halogens is 1. The van der Waals surface area contributed by atoms with Crippen LogP contribution in [0.4, 0.5) is 5.69 Å². The van der Waals surface area contributed by atoms with E-state index in [9.17, 15) is 0 Å². The third-order valence-corrected chi connectivity index (χ3v) is 3.02. The molecule has 0 bridgehead atoms. The predicted octanol–water partition coefficient (Wildman–Crippen LogP) is 3.05. The van der Waals surface area contributed by atoms with E-state index >= 15 is 0 Å². The van der Waals surface area contributed by atoms with Crippen LogP contribution >= 0.6 is 11.6 Å². The van der Waals surface area contributed by atoms with Gasteiger partial charge in [0.25, 0.3) is 0 Å². The number of ether oxygens (including phenoxy) is 1. The van der Waals surface area contributed by atoms with Crippen molar-refractivity contribution in [3.8, 4) is 5.75 Å². The Morgan fingerprint density at radius 1 is 1.47 bits per heavy atom. The lowest BCUT2D eigenvalue weighted by Crippen LogP contribution is -2.15. The quantitative estimate of drug-likeness (QED) is 0.822. The van der Waals surface area contributed by atoms with Crippen molar-refractivity contribution >= 4 is 17.3 Å². The summed E-state index contributed by atoms with van der Waals surface area (Å²) in [7, 11) is 1.67. The van der Waals surface area contributed by atoms with Crippen LogP contribution in [-0.2, 0) is 0 Å². The van der Waals surface area contributed by atoms with Crippen molar-refractivity contribution < 1.29 is 4.74 Å². The fraction of sp³-hybridized carbons (Fsp3) is 0.538. The molecule has 3 nitrogen and oxygen atoms in total. The third-order valence-electron chi connectivity index (χ3n) is 2.80. The van der Waals surface area contributed by atoms with Crippen LogP contribution in [0.3, 0.4) is 0 Å². The molecule has 0 heterocycles. The predicted molar refractivity (Wildman–Crippen MR) is 74.1 cm³/mol. The molecule has 0 saturated carbocycles. The van der Waals surface area contributed by atoms with Gasteiger partial charge in [0.2, 0.25) is 0 Å². The molecular formula is C13H21ClN2O. The molecule has 1 aromatic rings. The molecule has 1 unspecified atom stereocenters. The van der Waals surface area contributed by atoms with E-state index in [0.29, 0.717) is 12.5 Å². The van der Waals surface area contributed by atoms with E-state index in [-0.39, 0.29) is 0 Å². The van der Waals surface area contributed by atoms with Crippen molar-refractivity contribution in [1.29, 1.82) is 0 Å². The third kappa shape index (κ3) is 4.10. The molecule has 17 heavy (non-hydrogen) atoms. The first-order chi connectivity index (χ1) is 8.08. The van der Waals surface area contributed by atoms with E-state index in [2.05, 4.69) is 12.2 Å². The van der Waals surface area contributed by atoms with Gasteiger partial charge in [0, 0.05) is 11.6 Å². The highest BCUT2D eigenvalue weighted by atomic mass is 35.5. The molecule has 0 spiro atoms. The van der Waals surface area contributed by atoms with Crippen molar-refractivity contribution in [3.05, 3.63) is 22.7 Å². The highest BCUT2D eigenvalue weighted by molar-refractivity contribution is 6.31. The van der Waals surface area contributed by atoms with Crippen LogP contribution in [0.15, 0.2) is 12.1 Å². The monoisotopic (exact) mass is 256 g/mol. The molecule has 0 saturated heterocycles. The Morgan fingerprint density at radius 2 is 2.18 bits per heavy atom. The Hall–Kier alpha value is -0.930. The molecule has 4 heteroatoms. The average molecular weight is 257 g/mol. The zero-order valence-corrected chi connectivity index (χ0v) is 11.5. The second-order valence-electron chi connectivity index (χ2n) is 4.36. The summed E-state index contributed by atoms with van der Waals surface area (Å²) in [5.41, 5.74) is 7.56. The molecule has 0 aromatic heterocycles. The summed E-state index contributed by atoms with van der Waals surface area (Å²) in [6, 6.07) is 3.79. The van der Waals surface area contributed by atoms with E-state index in [1.807, 2.05) is 19.1 Å². The van der Waals surface area contributed by atoms with Gasteiger partial charge in [0.15, 0.2) is 0 Å². The first-order valence-corrected chi connectivity index (χ1v) is 6.24. The van der Waals surface area contributed by atoms with Gasteiger partial charge in [-0.15, -0.1) is 0 Å². The van der Waals surface area contributed by atoms with Crippen molar-refractivity contribution in [2.45, 2.75) is 20.3 Å². The molecule has 0 amide bonds. The van der Waals surface area contributed by atoms with Gasteiger partial charge in [-0.3, -0.25) is 0 Å². The van der Waals surface area contributed by atoms with Crippen LogP contribution in [0, 0.1) is 12.8 Å². The van der Waals surface area contributed by atoms with E-state index in [1.54, 1.807) is 7.11 Å². The maximum atomic E-state index is 6.03. The second kappa shape index (κ2) is 6.72. The zero-order chi connectivity index (χ0) is 12.8. The number of nitrogens with one attached hydrogen (secondary N) is 1. The molecule has 1 rings (SSSR count). The lowest BCUT2D eigenvalue weighted by molar-refractivity contribution is 0.413. The minimum Gasteiger partial charge on any atom is -0.494 e. The molecule has 0 aliphatic carbocycles. The van der Waals surface area contributed by atoms with E-state index in [1.165, 1.54) is 0 Å². The summed E-state index contributed by atoms with van der Waals surface area (Å²) in [5.74, 6) is 1.38. The van der Waals surface area contributed by atoms with Crippen LogP contribution < -0.4 is 15.8 Å². The van der Waals surface area contributed by atoms with Crippen molar-refractivity contribution in [2.24, 2.45) is 11.7 Å². The summed E-state index contributed by atoms with van der Waals surface area (Å²) in [4.78, 5) is 0. The van der Waals surface area contributed by atoms with Gasteiger partial charge in [0.05, 0.1) is 12.8 Å². The average Bonchev–Trinajstić information content (AvgIpc) is 2.28. The fourth-order valence-electron chi connectivity index (χ4n) is 1.70. The lowest BCUT2D eigenvalue weighted by Gasteiger charge is -2.15. The molecule has 0 radical (unpaired) electrons. The lowest BCUT2D eigenvalue weighted by atomic mass is 10.1. The Labute approximate surface area is 108 Å². The molecule has 0 aliphatic rings. The van der Waals surface area contributed by atoms with Gasteiger partial charge in [-0.25, -0.2) is 0 Å². The summed E-state index contributed by atoms with van der Waals surface area (Å²) in [5, 5.41) is 4.07. The summed E-state index contributed by atoms with van der Waals surface area (Å²) in [6.45, 7) is 5.71. The van der Waals surface area contributed by atoms with Crippen molar-refractivity contribution in [1.82, 2.24) is 0 Å². The maximum Gasteiger partial charge on any atom is 0.144 e. The Bertz CT molecular complexity index is 369. The topological polar surface area (TPSA) is 47.3 Å². The maximum absolute atomic E-state index is 6.03. The van der Waals surface area contributed by atoms with Gasteiger partial charge >= 0.3 is 0 Å². The fourth-order valence-corrected chi connectivity index (χ4v) is 1.98. The normalized spacial score (nSPS) is 12.3. The number of benzene rings is 1. The van der Waals surface area contributed by atoms with E-state index < -0.39 is 0 Å². The molecule has 0 aliphatic heterocycles. The molecule has 0 fully saturated rings. The molecule has 1 aromatic carbocycles. The summed E-state index contributed by atoms with van der Waals surface area (Å²) in [6.07, 6.45) is 1.03. The van der Waals surface area contributed by atoms with Gasteiger partial charge in [-0.05, 0) is 43.5 Å². The summed E-state index contributed by atoms with van der Waals surface area (Å²) >= 11 is 6.03. The molecule has 96 valence electrons. The molecule has 3 N–H and O–H groups in total. The van der Waals surface area contributed by atoms with Crippen LogP contribution in [0.1, 0.15) is 18.9 Å². The first-order valence-electron chi connectivity index (χ1n) is 5.86. The number of hydrogen-bond donors (Lipinski definition) is 2. The van der Waals surface area contributed by atoms with Gasteiger partial charge in [-0.1, -0.05) is 18.5 Å². The SMILES string of the molecule is COc1c(C)cc(Cl)cc1NCCC(C)CN. The van der Waals surface area contributed by atoms with Crippen molar-refractivity contribution in [2.75, 3.05) is 25.5 Å². The number of anilines is 1. The number of rotatable bonds is 6. The number of hydrogen-bond acceptors (Lipinski definition) is 3. The first kappa shape index (κ1) is 14.1. The minimum atomic E-state index is 0.522. The Morgan fingerprint density at radius 3 is 2.76 bits per heavy atom. The Balaban J connectivity index is 2.69. The minimum absolute atomic E-state index is 0.522. The molecular weight excluding hydrogens is 236 g/mol. The van der Waals surface area contributed by atoms with Gasteiger partial charge < -0.3 is 15.8 Å². The number of aryl methyl sites for hydroxylation is 1. The smallest absolute Gasteiger partial charge is 0.144 e. The zero-order valence-electron chi connectivity index (χ0n) is 10.7. The largest absolute Gasteiger partial charge is 0.494 e. The second-order valence-corrected chi connectivity index (χ2v) is 4.80. The highest BCUT2D eigenvalue weighted by Crippen LogP contribution is 2.31. The van der Waals surface area contributed by atoms with Crippen LogP contribution in [0.5, 0.6) is 5.75 Å². The molecule has 1 atom stereocenters. The van der Waals surface area contributed by atoms with Gasteiger partial charge in [0.1, 0.15) is 5.75 Å². The van der Waals surface area contributed by atoms with Crippen LogP contribution in [0.2, 0.25) is 5.02 Å². The summed E-state index contributed by atoms with van der Waals surface area (Å²) < 4.78 is 5.37. The van der Waals surface area contributed by atoms with Crippen molar-refractivity contribution in [3.63, 3.8) is 0 Å². The van der Waals surface area contributed by atoms with Gasteiger partial charge in [-0.2, -0.15) is 0 Å². The standard InChI is InChI=1S/C13H21ClN2O/c1-9(8-15)4-5-16-12-7-11(14)6-10(2)13(12)17-3/h6-7,9,16H,4-5,8,15H2,1-3H3. The number of nitrogens with two attached hydrogens (primary N) is 1. The van der Waals surface area contributed by atoms with E-state index in [0.717, 1.165) is 35.0 Å².